The highest BCUT2D eigenvalue weighted by molar-refractivity contribution is 7.91. The first kappa shape index (κ1) is 16.1. The van der Waals surface area contributed by atoms with E-state index in [2.05, 4.69) is 5.32 Å². The van der Waals surface area contributed by atoms with Gasteiger partial charge in [0.15, 0.2) is 9.84 Å². The monoisotopic (exact) mass is 296 g/mol. The third kappa shape index (κ3) is 5.82. The topological polar surface area (TPSA) is 96.3 Å². The Kier molecular flexibility index (Phi) is 6.15. The van der Waals surface area contributed by atoms with Crippen molar-refractivity contribution in [2.45, 2.75) is 5.75 Å². The molecule has 1 N–H and O–H groups in total. The number of nitrogens with zero attached hydrogens (tertiary/aromatic N) is 1. The van der Waals surface area contributed by atoms with Crippen molar-refractivity contribution in [3.63, 3.8) is 0 Å². The van der Waals surface area contributed by atoms with Crippen LogP contribution < -0.4 is 5.32 Å². The highest BCUT2D eigenvalue weighted by Crippen LogP contribution is 2.08. The van der Waals surface area contributed by atoms with Gasteiger partial charge in [-0.1, -0.05) is 12.1 Å². The molecule has 0 saturated carbocycles. The van der Waals surface area contributed by atoms with Gasteiger partial charge in [-0.25, -0.2) is 8.42 Å². The van der Waals surface area contributed by atoms with Crippen LogP contribution in [0.5, 0.6) is 0 Å². The Bertz CT molecular complexity index is 588. The summed E-state index contributed by atoms with van der Waals surface area (Å²) in [6.07, 6.45) is 0. The Labute approximate surface area is 118 Å². The second kappa shape index (κ2) is 7.62. The Morgan fingerprint density at radius 3 is 2.55 bits per heavy atom. The lowest BCUT2D eigenvalue weighted by atomic mass is 10.2. The number of amides is 1. The Balaban J connectivity index is 2.56. The van der Waals surface area contributed by atoms with Gasteiger partial charge in [-0.2, -0.15) is 5.26 Å². The molecule has 0 aliphatic carbocycles. The Morgan fingerprint density at radius 1 is 1.35 bits per heavy atom. The first-order chi connectivity index (χ1) is 9.46. The van der Waals surface area contributed by atoms with Gasteiger partial charge in [0.25, 0.3) is 0 Å². The second-order valence-corrected chi connectivity index (χ2v) is 6.25. The minimum absolute atomic E-state index is 0.226. The number of hydrogen-bond acceptors (Lipinski definition) is 5. The molecule has 108 valence electrons. The van der Waals surface area contributed by atoms with Gasteiger partial charge in [0, 0.05) is 13.7 Å². The molecule has 1 rings (SSSR count). The van der Waals surface area contributed by atoms with Gasteiger partial charge >= 0.3 is 0 Å². The molecule has 0 aliphatic heterocycles. The Hall–Kier alpha value is -1.91. The van der Waals surface area contributed by atoms with Crippen LogP contribution in [0.3, 0.4) is 0 Å². The van der Waals surface area contributed by atoms with Gasteiger partial charge in [0.05, 0.1) is 24.0 Å². The molecule has 0 heterocycles. The summed E-state index contributed by atoms with van der Waals surface area (Å²) in [5.74, 6) is -1.33. The van der Waals surface area contributed by atoms with Gasteiger partial charge in [0.2, 0.25) is 5.91 Å². The fraction of sp³-hybridized carbons (Fsp3) is 0.385. The van der Waals surface area contributed by atoms with Gasteiger partial charge in [-0.3, -0.25) is 4.79 Å². The summed E-state index contributed by atoms with van der Waals surface area (Å²) in [4.78, 5) is 11.4. The maximum Gasteiger partial charge on any atom is 0.235 e. The summed E-state index contributed by atoms with van der Waals surface area (Å²) in [6.45, 7) is 0.614. The van der Waals surface area contributed by atoms with E-state index in [-0.39, 0.29) is 12.3 Å². The van der Waals surface area contributed by atoms with Crippen molar-refractivity contribution in [3.8, 4) is 6.07 Å². The van der Waals surface area contributed by atoms with Crippen LogP contribution in [-0.2, 0) is 25.1 Å². The molecule has 0 spiro atoms. The van der Waals surface area contributed by atoms with Crippen molar-refractivity contribution < 1.29 is 17.9 Å². The van der Waals surface area contributed by atoms with E-state index in [4.69, 9.17) is 10.00 Å². The van der Waals surface area contributed by atoms with E-state index in [1.165, 1.54) is 7.11 Å². The van der Waals surface area contributed by atoms with Crippen molar-refractivity contribution in [1.29, 1.82) is 5.26 Å². The summed E-state index contributed by atoms with van der Waals surface area (Å²) >= 11 is 0. The van der Waals surface area contributed by atoms with Crippen LogP contribution in [0.1, 0.15) is 11.1 Å². The minimum Gasteiger partial charge on any atom is -0.383 e. The lowest BCUT2D eigenvalue weighted by Gasteiger charge is -2.06. The van der Waals surface area contributed by atoms with Crippen molar-refractivity contribution in [2.75, 3.05) is 26.0 Å². The Morgan fingerprint density at radius 2 is 2.00 bits per heavy atom. The molecule has 20 heavy (non-hydrogen) atoms. The maximum absolute atomic E-state index is 11.8. The number of hydrogen-bond donors (Lipinski definition) is 1. The molecule has 7 heteroatoms. The first-order valence-electron chi connectivity index (χ1n) is 5.92. The van der Waals surface area contributed by atoms with Crippen molar-refractivity contribution in [1.82, 2.24) is 5.32 Å². The average molecular weight is 296 g/mol. The standard InChI is InChI=1S/C13H16N2O4S/c1-19-7-6-15-13(16)10-20(17,18)9-12-4-2-11(8-14)3-5-12/h2-5H,6-7,9-10H2,1H3,(H,15,16). The molecule has 0 aliphatic rings. The van der Waals surface area contributed by atoms with E-state index in [9.17, 15) is 13.2 Å². The van der Waals surface area contributed by atoms with Crippen molar-refractivity contribution in [3.05, 3.63) is 35.4 Å². The number of methoxy groups -OCH3 is 1. The van der Waals surface area contributed by atoms with Crippen molar-refractivity contribution >= 4 is 15.7 Å². The smallest absolute Gasteiger partial charge is 0.235 e. The van der Waals surface area contributed by atoms with Crippen LogP contribution >= 0.6 is 0 Å². The van der Waals surface area contributed by atoms with E-state index in [0.29, 0.717) is 17.7 Å². The molecule has 1 amide bonds. The lowest BCUT2D eigenvalue weighted by molar-refractivity contribution is -0.118. The third-order valence-electron chi connectivity index (χ3n) is 2.45. The van der Waals surface area contributed by atoms with Crippen LogP contribution in [-0.4, -0.2) is 40.3 Å². The number of sulfone groups is 1. The van der Waals surface area contributed by atoms with Crippen LogP contribution in [0.4, 0.5) is 0 Å². The van der Waals surface area contributed by atoms with E-state index >= 15 is 0 Å². The predicted molar refractivity (Wildman–Crippen MR) is 73.5 cm³/mol. The fourth-order valence-electron chi connectivity index (χ4n) is 1.52. The fourth-order valence-corrected chi connectivity index (χ4v) is 2.83. The molecule has 0 aromatic heterocycles. The van der Waals surface area contributed by atoms with Crippen LogP contribution in [0.15, 0.2) is 24.3 Å². The number of carbonyl (C=O) groups excluding carboxylic acids is 1. The molecular formula is C13H16N2O4S. The molecule has 0 radical (unpaired) electrons. The number of nitrogens with one attached hydrogen (secondary N) is 1. The molecule has 0 unspecified atom stereocenters. The van der Waals surface area contributed by atoms with Crippen LogP contribution in [0, 0.1) is 11.3 Å². The summed E-state index contributed by atoms with van der Waals surface area (Å²) in [5.41, 5.74) is 1.01. The summed E-state index contributed by atoms with van der Waals surface area (Å²) in [7, 11) is -2.03. The highest BCUT2D eigenvalue weighted by Gasteiger charge is 2.17. The largest absolute Gasteiger partial charge is 0.383 e. The number of rotatable bonds is 7. The molecule has 0 saturated heterocycles. The van der Waals surface area contributed by atoms with Crippen LogP contribution in [0.25, 0.3) is 0 Å². The molecule has 0 bridgehead atoms. The quantitative estimate of drug-likeness (QED) is 0.727. The summed E-state index contributed by atoms with van der Waals surface area (Å²) < 4.78 is 28.4. The number of nitriles is 1. The SMILES string of the molecule is COCCNC(=O)CS(=O)(=O)Cc1ccc(C#N)cc1. The van der Waals surface area contributed by atoms with Crippen molar-refractivity contribution in [2.24, 2.45) is 0 Å². The maximum atomic E-state index is 11.8. The van der Waals surface area contributed by atoms with Gasteiger partial charge < -0.3 is 10.1 Å². The van der Waals surface area contributed by atoms with Gasteiger partial charge in [-0.05, 0) is 17.7 Å². The predicted octanol–water partition coefficient (Wildman–Crippen LogP) is 0.236. The number of carbonyl (C=O) groups is 1. The first-order valence-corrected chi connectivity index (χ1v) is 7.74. The molecule has 0 atom stereocenters. The number of ether oxygens (including phenoxy) is 1. The summed E-state index contributed by atoms with van der Waals surface area (Å²) in [5, 5.41) is 11.1. The molecular weight excluding hydrogens is 280 g/mol. The lowest BCUT2D eigenvalue weighted by Crippen LogP contribution is -2.33. The molecule has 0 fully saturated rings. The van der Waals surface area contributed by atoms with E-state index in [1.807, 2.05) is 6.07 Å². The van der Waals surface area contributed by atoms with E-state index in [1.54, 1.807) is 24.3 Å². The molecule has 6 nitrogen and oxygen atoms in total. The third-order valence-corrected chi connectivity index (χ3v) is 3.92. The van der Waals surface area contributed by atoms with Crippen LogP contribution in [0.2, 0.25) is 0 Å². The highest BCUT2D eigenvalue weighted by atomic mass is 32.2. The summed E-state index contributed by atoms with van der Waals surface area (Å²) in [6, 6.07) is 8.18. The average Bonchev–Trinajstić information content (AvgIpc) is 2.38. The zero-order valence-corrected chi connectivity index (χ0v) is 11.9. The zero-order chi connectivity index (χ0) is 15.0. The van der Waals surface area contributed by atoms with E-state index < -0.39 is 21.5 Å². The zero-order valence-electron chi connectivity index (χ0n) is 11.1. The minimum atomic E-state index is -3.53. The molecule has 1 aromatic rings. The normalized spacial score (nSPS) is 10.8. The second-order valence-electron chi connectivity index (χ2n) is 4.18. The van der Waals surface area contributed by atoms with E-state index in [0.717, 1.165) is 0 Å². The molecule has 1 aromatic carbocycles. The van der Waals surface area contributed by atoms with Gasteiger partial charge in [-0.15, -0.1) is 0 Å². The van der Waals surface area contributed by atoms with Gasteiger partial charge in [0.1, 0.15) is 5.75 Å². The number of benzene rings is 1.